The number of amides is 1. The maximum atomic E-state index is 11.9. The van der Waals surface area contributed by atoms with Gasteiger partial charge in [-0.2, -0.15) is 0 Å². The number of anilines is 2. The van der Waals surface area contributed by atoms with Crippen LogP contribution in [0.15, 0.2) is 39.9 Å². The van der Waals surface area contributed by atoms with Gasteiger partial charge in [-0.15, -0.1) is 0 Å². The maximum absolute atomic E-state index is 11.9. The second-order valence-corrected chi connectivity index (χ2v) is 4.92. The number of aromatic nitrogens is 2. The molecule has 20 heavy (non-hydrogen) atoms. The normalized spacial score (nSPS) is 10.2. The molecule has 2 N–H and O–H groups in total. The van der Waals surface area contributed by atoms with Gasteiger partial charge in [0.1, 0.15) is 4.60 Å². The van der Waals surface area contributed by atoms with Crippen molar-refractivity contribution >= 4 is 33.3 Å². The smallest absolute Gasteiger partial charge is 0.293 e. The molecule has 0 unspecified atom stereocenters. The van der Waals surface area contributed by atoms with Gasteiger partial charge < -0.3 is 15.2 Å². The molecule has 0 aliphatic heterocycles. The number of hydrogen-bond acceptors (Lipinski definition) is 4. The van der Waals surface area contributed by atoms with Gasteiger partial charge in [-0.1, -0.05) is 0 Å². The van der Waals surface area contributed by atoms with Crippen molar-refractivity contribution in [2.45, 2.75) is 0 Å². The monoisotopic (exact) mass is 336 g/mol. The molecule has 0 bridgehead atoms. The zero-order chi connectivity index (χ0) is 14.7. The van der Waals surface area contributed by atoms with Crippen molar-refractivity contribution in [1.29, 1.82) is 0 Å². The molecule has 1 amide bonds. The summed E-state index contributed by atoms with van der Waals surface area (Å²) in [5, 5.41) is 5.48. The van der Waals surface area contributed by atoms with Crippen LogP contribution in [-0.2, 0) is 7.05 Å². The Kier molecular flexibility index (Phi) is 4.19. The van der Waals surface area contributed by atoms with Crippen LogP contribution in [0.4, 0.5) is 11.5 Å². The van der Waals surface area contributed by atoms with Crippen LogP contribution in [-0.4, -0.2) is 22.5 Å². The van der Waals surface area contributed by atoms with E-state index in [1.165, 1.54) is 4.57 Å². The number of aryl methyl sites for hydroxylation is 1. The molecule has 0 atom stereocenters. The summed E-state index contributed by atoms with van der Waals surface area (Å²) in [7, 11) is 3.22. The van der Waals surface area contributed by atoms with Gasteiger partial charge in [-0.3, -0.25) is 9.59 Å². The molecular weight excluding hydrogens is 324 g/mol. The molecule has 0 saturated heterocycles. The number of nitrogens with zero attached hydrogens (tertiary/aromatic N) is 2. The van der Waals surface area contributed by atoms with Crippen LogP contribution in [0.1, 0.15) is 10.4 Å². The van der Waals surface area contributed by atoms with E-state index in [0.29, 0.717) is 15.9 Å². The van der Waals surface area contributed by atoms with Crippen LogP contribution in [0, 0.1) is 0 Å². The largest absolute Gasteiger partial charge is 0.355 e. The lowest BCUT2D eigenvalue weighted by Crippen LogP contribution is -2.21. The van der Waals surface area contributed by atoms with Crippen molar-refractivity contribution in [2.24, 2.45) is 7.05 Å². The summed E-state index contributed by atoms with van der Waals surface area (Å²) >= 11 is 3.24. The fourth-order valence-corrected chi connectivity index (χ4v) is 2.12. The fraction of sp³-hybridized carbons (Fsp3) is 0.154. The third-order valence-electron chi connectivity index (χ3n) is 2.68. The summed E-state index contributed by atoms with van der Waals surface area (Å²) in [6, 6.07) is 6.77. The molecule has 0 spiro atoms. The minimum absolute atomic E-state index is 0.159. The average molecular weight is 337 g/mol. The number of carbonyl (C=O) groups excluding carboxylic acids is 1. The van der Waals surface area contributed by atoms with E-state index in [2.05, 4.69) is 31.5 Å². The van der Waals surface area contributed by atoms with Crippen LogP contribution in [0.2, 0.25) is 0 Å². The molecule has 1 aromatic carbocycles. The van der Waals surface area contributed by atoms with E-state index in [9.17, 15) is 9.59 Å². The first kappa shape index (κ1) is 14.3. The Labute approximate surface area is 124 Å². The van der Waals surface area contributed by atoms with Gasteiger partial charge >= 0.3 is 0 Å². The van der Waals surface area contributed by atoms with Gasteiger partial charge in [-0.05, 0) is 40.2 Å². The Morgan fingerprint density at radius 1 is 1.30 bits per heavy atom. The Morgan fingerprint density at radius 3 is 2.55 bits per heavy atom. The first-order valence-corrected chi connectivity index (χ1v) is 6.63. The predicted octanol–water partition coefficient (Wildman–Crippen LogP) is 1.65. The van der Waals surface area contributed by atoms with Gasteiger partial charge in [0.15, 0.2) is 5.82 Å². The highest BCUT2D eigenvalue weighted by atomic mass is 79.9. The van der Waals surface area contributed by atoms with E-state index in [1.807, 2.05) is 0 Å². The van der Waals surface area contributed by atoms with Gasteiger partial charge in [-0.25, -0.2) is 4.98 Å². The van der Waals surface area contributed by atoms with Crippen LogP contribution in [0.5, 0.6) is 0 Å². The Hall–Kier alpha value is -2.15. The van der Waals surface area contributed by atoms with E-state index in [4.69, 9.17) is 0 Å². The molecule has 6 nitrogen and oxygen atoms in total. The Morgan fingerprint density at radius 2 is 1.95 bits per heavy atom. The van der Waals surface area contributed by atoms with Crippen molar-refractivity contribution in [2.75, 3.05) is 12.4 Å². The molecule has 0 fully saturated rings. The third-order valence-corrected chi connectivity index (χ3v) is 3.06. The zero-order valence-corrected chi connectivity index (χ0v) is 12.6. The second-order valence-electron chi connectivity index (χ2n) is 4.11. The second kappa shape index (κ2) is 5.87. The van der Waals surface area contributed by atoms with Crippen molar-refractivity contribution < 1.29 is 4.79 Å². The first-order valence-electron chi connectivity index (χ1n) is 5.83. The highest BCUT2D eigenvalue weighted by Gasteiger charge is 2.07. The molecule has 2 aromatic rings. The lowest BCUT2D eigenvalue weighted by Gasteiger charge is -2.08. The molecule has 2 rings (SSSR count). The summed E-state index contributed by atoms with van der Waals surface area (Å²) < 4.78 is 1.99. The third kappa shape index (κ3) is 3.05. The van der Waals surface area contributed by atoms with E-state index in [1.54, 1.807) is 44.6 Å². The summed E-state index contributed by atoms with van der Waals surface area (Å²) in [5.74, 6) is 0.0580. The molecule has 0 saturated carbocycles. The van der Waals surface area contributed by atoms with E-state index in [0.717, 1.165) is 0 Å². The lowest BCUT2D eigenvalue weighted by atomic mass is 10.2. The van der Waals surface area contributed by atoms with Crippen LogP contribution in [0.3, 0.4) is 0 Å². The van der Waals surface area contributed by atoms with E-state index >= 15 is 0 Å². The van der Waals surface area contributed by atoms with Gasteiger partial charge in [0, 0.05) is 31.5 Å². The predicted molar refractivity (Wildman–Crippen MR) is 80.3 cm³/mol. The van der Waals surface area contributed by atoms with Crippen molar-refractivity contribution in [3.8, 4) is 0 Å². The van der Waals surface area contributed by atoms with Crippen molar-refractivity contribution in [3.05, 3.63) is 51.0 Å². The number of nitrogens with one attached hydrogen (secondary N) is 2. The number of benzene rings is 1. The summed E-state index contributed by atoms with van der Waals surface area (Å²) in [6.45, 7) is 0. The molecule has 0 aliphatic rings. The zero-order valence-electron chi connectivity index (χ0n) is 11.0. The highest BCUT2D eigenvalue weighted by Crippen LogP contribution is 2.14. The molecule has 1 heterocycles. The molecular formula is C13H13BrN4O2. The molecule has 0 radical (unpaired) electrons. The Bertz CT molecular complexity index is 695. The SMILES string of the molecule is CNC(=O)c1ccc(Nc2nc(Br)cn(C)c2=O)cc1. The number of halogens is 1. The molecule has 7 heteroatoms. The van der Waals surface area contributed by atoms with Gasteiger partial charge in [0.05, 0.1) is 0 Å². The number of hydrogen-bond donors (Lipinski definition) is 2. The topological polar surface area (TPSA) is 76.0 Å². The standard InChI is InChI=1S/C13H13BrN4O2/c1-15-12(19)8-3-5-9(6-4-8)16-11-13(20)18(2)7-10(14)17-11/h3-7H,1-2H3,(H,15,19)(H,16,17). The maximum Gasteiger partial charge on any atom is 0.293 e. The van der Waals surface area contributed by atoms with Crippen molar-refractivity contribution in [1.82, 2.24) is 14.9 Å². The fourth-order valence-electron chi connectivity index (χ4n) is 1.64. The van der Waals surface area contributed by atoms with Crippen LogP contribution < -0.4 is 16.2 Å². The van der Waals surface area contributed by atoms with Gasteiger partial charge in [0.2, 0.25) is 0 Å². The average Bonchev–Trinajstić information content (AvgIpc) is 2.44. The summed E-state index contributed by atoms with van der Waals surface area (Å²) in [4.78, 5) is 27.4. The van der Waals surface area contributed by atoms with E-state index in [-0.39, 0.29) is 17.3 Å². The van der Waals surface area contributed by atoms with Crippen LogP contribution in [0.25, 0.3) is 0 Å². The molecule has 104 valence electrons. The van der Waals surface area contributed by atoms with Crippen LogP contribution >= 0.6 is 15.9 Å². The molecule has 0 aliphatic carbocycles. The summed E-state index contributed by atoms with van der Waals surface area (Å²) in [6.07, 6.45) is 1.59. The Balaban J connectivity index is 2.27. The number of carbonyl (C=O) groups is 1. The number of rotatable bonds is 3. The van der Waals surface area contributed by atoms with Crippen molar-refractivity contribution in [3.63, 3.8) is 0 Å². The minimum atomic E-state index is -0.233. The quantitative estimate of drug-likeness (QED) is 0.893. The van der Waals surface area contributed by atoms with E-state index < -0.39 is 0 Å². The lowest BCUT2D eigenvalue weighted by molar-refractivity contribution is 0.0963. The minimum Gasteiger partial charge on any atom is -0.355 e. The molecule has 1 aromatic heterocycles. The highest BCUT2D eigenvalue weighted by molar-refractivity contribution is 9.10. The summed E-state index contributed by atoms with van der Waals surface area (Å²) in [5.41, 5.74) is 0.997. The van der Waals surface area contributed by atoms with Gasteiger partial charge in [0.25, 0.3) is 11.5 Å². The first-order chi connectivity index (χ1) is 9.51.